The predicted molar refractivity (Wildman–Crippen MR) is 46.7 cm³/mol. The van der Waals surface area contributed by atoms with Gasteiger partial charge in [-0.25, -0.2) is 4.21 Å². The molecule has 1 unspecified atom stereocenters. The van der Waals surface area contributed by atoms with E-state index in [0.717, 1.165) is 6.42 Å². The number of rotatable bonds is 5. The summed E-state index contributed by atoms with van der Waals surface area (Å²) in [5.41, 5.74) is 0. The SMILES string of the molecule is C=CC[C@H](CS(=O)O)C1CC1. The van der Waals surface area contributed by atoms with E-state index in [2.05, 4.69) is 6.58 Å². The van der Waals surface area contributed by atoms with Gasteiger partial charge in [-0.3, -0.25) is 0 Å². The maximum Gasteiger partial charge on any atom is 0.153 e. The van der Waals surface area contributed by atoms with Crippen LogP contribution in [0.5, 0.6) is 0 Å². The van der Waals surface area contributed by atoms with Crippen LogP contribution in [-0.2, 0) is 11.1 Å². The minimum absolute atomic E-state index is 0.401. The molecule has 2 atom stereocenters. The summed E-state index contributed by atoms with van der Waals surface area (Å²) < 4.78 is 19.2. The normalized spacial score (nSPS) is 22.6. The van der Waals surface area contributed by atoms with Gasteiger partial charge in [0.2, 0.25) is 0 Å². The molecule has 0 spiro atoms. The van der Waals surface area contributed by atoms with Gasteiger partial charge in [0.25, 0.3) is 0 Å². The fraction of sp³-hybridized carbons (Fsp3) is 0.750. The van der Waals surface area contributed by atoms with Crippen LogP contribution < -0.4 is 0 Å². The van der Waals surface area contributed by atoms with E-state index in [1.54, 1.807) is 0 Å². The Labute approximate surface area is 70.0 Å². The summed E-state index contributed by atoms with van der Waals surface area (Å²) in [4.78, 5) is 0. The van der Waals surface area contributed by atoms with Gasteiger partial charge in [-0.15, -0.1) is 6.58 Å². The number of allylic oxidation sites excluding steroid dienone is 1. The lowest BCUT2D eigenvalue weighted by atomic mass is 10.0. The molecule has 0 aliphatic heterocycles. The van der Waals surface area contributed by atoms with Crippen LogP contribution >= 0.6 is 0 Å². The van der Waals surface area contributed by atoms with Gasteiger partial charge in [-0.05, 0) is 31.1 Å². The van der Waals surface area contributed by atoms with Gasteiger partial charge in [-0.1, -0.05) is 6.08 Å². The van der Waals surface area contributed by atoms with Crippen LogP contribution in [0.1, 0.15) is 19.3 Å². The Morgan fingerprint density at radius 3 is 2.73 bits per heavy atom. The van der Waals surface area contributed by atoms with Crippen LogP contribution in [0.4, 0.5) is 0 Å². The first kappa shape index (κ1) is 8.94. The summed E-state index contributed by atoms with van der Waals surface area (Å²) in [6.07, 6.45) is 5.19. The second kappa shape index (κ2) is 4.02. The Morgan fingerprint density at radius 1 is 1.73 bits per heavy atom. The molecule has 1 N–H and O–H groups in total. The largest absolute Gasteiger partial charge is 0.306 e. The molecule has 11 heavy (non-hydrogen) atoms. The fourth-order valence-electron chi connectivity index (χ4n) is 1.36. The van der Waals surface area contributed by atoms with Crippen molar-refractivity contribution in [3.05, 3.63) is 12.7 Å². The highest BCUT2D eigenvalue weighted by Crippen LogP contribution is 2.38. The molecule has 0 aromatic heterocycles. The highest BCUT2D eigenvalue weighted by atomic mass is 32.2. The van der Waals surface area contributed by atoms with Crippen molar-refractivity contribution < 1.29 is 8.76 Å². The Balaban J connectivity index is 2.31. The molecule has 0 heterocycles. The second-order valence-electron chi connectivity index (χ2n) is 3.11. The lowest BCUT2D eigenvalue weighted by molar-refractivity contribution is 0.492. The molecule has 0 saturated heterocycles. The number of hydrogen-bond acceptors (Lipinski definition) is 1. The molecule has 0 aromatic carbocycles. The van der Waals surface area contributed by atoms with Crippen molar-refractivity contribution in [1.29, 1.82) is 0 Å². The average molecular weight is 174 g/mol. The maximum absolute atomic E-state index is 10.5. The highest BCUT2D eigenvalue weighted by Gasteiger charge is 2.30. The molecule has 0 amide bonds. The van der Waals surface area contributed by atoms with Gasteiger partial charge in [-0.2, -0.15) is 0 Å². The lowest BCUT2D eigenvalue weighted by Gasteiger charge is -2.09. The Hall–Kier alpha value is -0.150. The van der Waals surface area contributed by atoms with Crippen molar-refractivity contribution in [2.24, 2.45) is 11.8 Å². The van der Waals surface area contributed by atoms with E-state index in [-0.39, 0.29) is 0 Å². The van der Waals surface area contributed by atoms with Crippen molar-refractivity contribution >= 4 is 11.1 Å². The standard InChI is InChI=1S/C8H14O2S/c1-2-3-8(6-11(9)10)7-4-5-7/h2,7-8H,1,3-6H2,(H,9,10)/t8-/m1/s1. The molecule has 0 aromatic rings. The van der Waals surface area contributed by atoms with Gasteiger partial charge >= 0.3 is 0 Å². The molecule has 0 bridgehead atoms. The first-order chi connectivity index (χ1) is 5.24. The summed E-state index contributed by atoms with van der Waals surface area (Å²) in [6.45, 7) is 3.64. The zero-order valence-electron chi connectivity index (χ0n) is 6.53. The molecule has 0 radical (unpaired) electrons. The van der Waals surface area contributed by atoms with E-state index >= 15 is 0 Å². The van der Waals surface area contributed by atoms with Crippen molar-refractivity contribution in [1.82, 2.24) is 0 Å². The van der Waals surface area contributed by atoms with E-state index in [9.17, 15) is 4.21 Å². The van der Waals surface area contributed by atoms with Crippen molar-refractivity contribution in [2.45, 2.75) is 19.3 Å². The van der Waals surface area contributed by atoms with E-state index in [4.69, 9.17) is 4.55 Å². The van der Waals surface area contributed by atoms with Crippen molar-refractivity contribution in [3.63, 3.8) is 0 Å². The first-order valence-corrected chi connectivity index (χ1v) is 5.20. The van der Waals surface area contributed by atoms with Crippen LogP contribution in [0.3, 0.4) is 0 Å². The Kier molecular flexibility index (Phi) is 3.27. The zero-order chi connectivity index (χ0) is 8.27. The predicted octanol–water partition coefficient (Wildman–Crippen LogP) is 1.81. The molecule has 1 aliphatic carbocycles. The van der Waals surface area contributed by atoms with Gasteiger partial charge in [0.05, 0.1) is 5.75 Å². The highest BCUT2D eigenvalue weighted by molar-refractivity contribution is 7.79. The van der Waals surface area contributed by atoms with E-state index in [1.807, 2.05) is 6.08 Å². The van der Waals surface area contributed by atoms with Crippen molar-refractivity contribution in [3.8, 4) is 0 Å². The third kappa shape index (κ3) is 3.16. The van der Waals surface area contributed by atoms with Crippen LogP contribution in [0, 0.1) is 11.8 Å². The van der Waals surface area contributed by atoms with Crippen LogP contribution in [0.2, 0.25) is 0 Å². The molecule has 64 valence electrons. The van der Waals surface area contributed by atoms with Crippen LogP contribution in [-0.4, -0.2) is 14.5 Å². The van der Waals surface area contributed by atoms with Gasteiger partial charge in [0.15, 0.2) is 11.1 Å². The smallest absolute Gasteiger partial charge is 0.153 e. The summed E-state index contributed by atoms with van der Waals surface area (Å²) in [5, 5.41) is 0. The first-order valence-electron chi connectivity index (χ1n) is 3.92. The summed E-state index contributed by atoms with van der Waals surface area (Å²) in [6, 6.07) is 0. The van der Waals surface area contributed by atoms with E-state index < -0.39 is 11.1 Å². The molecular formula is C8H14O2S. The molecule has 1 rings (SSSR count). The third-order valence-electron chi connectivity index (χ3n) is 2.11. The molecule has 2 nitrogen and oxygen atoms in total. The Morgan fingerprint density at radius 2 is 2.36 bits per heavy atom. The number of hydrogen-bond donors (Lipinski definition) is 1. The molecule has 1 saturated carbocycles. The summed E-state index contributed by atoms with van der Waals surface area (Å²) in [7, 11) is 0. The van der Waals surface area contributed by atoms with Crippen LogP contribution in [0.15, 0.2) is 12.7 Å². The quantitative estimate of drug-likeness (QED) is 0.510. The van der Waals surface area contributed by atoms with E-state index in [1.165, 1.54) is 12.8 Å². The minimum Gasteiger partial charge on any atom is -0.306 e. The lowest BCUT2D eigenvalue weighted by Crippen LogP contribution is -2.11. The summed E-state index contributed by atoms with van der Waals surface area (Å²) in [5.74, 6) is 1.53. The molecule has 3 heteroatoms. The molecule has 1 aliphatic rings. The molecule has 1 fully saturated rings. The third-order valence-corrected chi connectivity index (χ3v) is 2.83. The maximum atomic E-state index is 10.5. The van der Waals surface area contributed by atoms with Crippen molar-refractivity contribution in [2.75, 3.05) is 5.75 Å². The minimum atomic E-state index is -1.63. The fourth-order valence-corrected chi connectivity index (χ4v) is 2.14. The average Bonchev–Trinajstić information content (AvgIpc) is 2.66. The van der Waals surface area contributed by atoms with Gasteiger partial charge in [0.1, 0.15) is 0 Å². The van der Waals surface area contributed by atoms with Crippen LogP contribution in [0.25, 0.3) is 0 Å². The van der Waals surface area contributed by atoms with E-state index in [0.29, 0.717) is 17.6 Å². The summed E-state index contributed by atoms with van der Waals surface area (Å²) >= 11 is -1.63. The topological polar surface area (TPSA) is 37.3 Å². The molecular weight excluding hydrogens is 160 g/mol. The zero-order valence-corrected chi connectivity index (χ0v) is 7.35. The van der Waals surface area contributed by atoms with Gasteiger partial charge in [0, 0.05) is 0 Å². The second-order valence-corrected chi connectivity index (χ2v) is 4.09. The van der Waals surface area contributed by atoms with Gasteiger partial charge < -0.3 is 4.55 Å². The Bertz CT molecular complexity index is 163. The monoisotopic (exact) mass is 174 g/mol.